The van der Waals surface area contributed by atoms with Crippen LogP contribution < -0.4 is 5.90 Å². The second-order valence-corrected chi connectivity index (χ2v) is 2.59. The van der Waals surface area contributed by atoms with Gasteiger partial charge < -0.3 is 14.7 Å². The van der Waals surface area contributed by atoms with E-state index in [2.05, 4.69) is 4.84 Å². The largest absolute Gasteiger partial charge is 0.457 e. The second kappa shape index (κ2) is 3.17. The van der Waals surface area contributed by atoms with Crippen molar-refractivity contribution < 1.29 is 19.5 Å². The van der Waals surface area contributed by atoms with Crippen LogP contribution in [-0.2, 0) is 14.4 Å². The maximum Gasteiger partial charge on any atom is 0.311 e. The van der Waals surface area contributed by atoms with Crippen LogP contribution in [0.2, 0.25) is 0 Å². The SMILES string of the molecule is C[C@@H]1C(=O)O[C@H](CON)[C@H]1O. The van der Waals surface area contributed by atoms with Crippen molar-refractivity contribution in [3.63, 3.8) is 0 Å². The first-order chi connectivity index (χ1) is 5.16. The molecule has 0 aromatic heterocycles. The Labute approximate surface area is 64.0 Å². The van der Waals surface area contributed by atoms with Gasteiger partial charge in [0.05, 0.1) is 5.92 Å². The van der Waals surface area contributed by atoms with Crippen LogP contribution in [0, 0.1) is 5.92 Å². The number of rotatable bonds is 2. The first-order valence-corrected chi connectivity index (χ1v) is 3.37. The van der Waals surface area contributed by atoms with Gasteiger partial charge >= 0.3 is 5.97 Å². The fourth-order valence-corrected chi connectivity index (χ4v) is 1.02. The molecule has 1 saturated heterocycles. The van der Waals surface area contributed by atoms with Crippen molar-refractivity contribution in [1.29, 1.82) is 0 Å². The summed E-state index contributed by atoms with van der Waals surface area (Å²) in [6.07, 6.45) is -1.41. The van der Waals surface area contributed by atoms with E-state index in [0.717, 1.165) is 0 Å². The summed E-state index contributed by atoms with van der Waals surface area (Å²) < 4.78 is 4.73. The number of carbonyl (C=O) groups excluding carboxylic acids is 1. The van der Waals surface area contributed by atoms with E-state index in [1.807, 2.05) is 0 Å². The Kier molecular flexibility index (Phi) is 2.43. The molecule has 0 aliphatic carbocycles. The van der Waals surface area contributed by atoms with Gasteiger partial charge in [-0.05, 0) is 6.92 Å². The number of cyclic esters (lactones) is 1. The van der Waals surface area contributed by atoms with Crippen molar-refractivity contribution in [2.45, 2.75) is 19.1 Å². The minimum absolute atomic E-state index is 0.0389. The van der Waals surface area contributed by atoms with Gasteiger partial charge in [-0.2, -0.15) is 0 Å². The van der Waals surface area contributed by atoms with E-state index < -0.39 is 24.1 Å². The lowest BCUT2D eigenvalue weighted by molar-refractivity contribution is -0.146. The van der Waals surface area contributed by atoms with E-state index in [4.69, 9.17) is 10.6 Å². The van der Waals surface area contributed by atoms with E-state index >= 15 is 0 Å². The highest BCUT2D eigenvalue weighted by Gasteiger charge is 2.40. The van der Waals surface area contributed by atoms with E-state index in [1.165, 1.54) is 0 Å². The maximum atomic E-state index is 10.8. The molecule has 0 unspecified atom stereocenters. The quantitative estimate of drug-likeness (QED) is 0.392. The van der Waals surface area contributed by atoms with Crippen molar-refractivity contribution in [1.82, 2.24) is 0 Å². The zero-order chi connectivity index (χ0) is 8.43. The highest BCUT2D eigenvalue weighted by Crippen LogP contribution is 2.20. The van der Waals surface area contributed by atoms with Crippen molar-refractivity contribution in [3.05, 3.63) is 0 Å². The first kappa shape index (κ1) is 8.45. The van der Waals surface area contributed by atoms with Gasteiger partial charge in [0, 0.05) is 0 Å². The number of carbonyl (C=O) groups is 1. The Balaban J connectivity index is 2.52. The summed E-state index contributed by atoms with van der Waals surface area (Å²) in [6, 6.07) is 0. The van der Waals surface area contributed by atoms with Gasteiger partial charge in [-0.1, -0.05) is 0 Å². The van der Waals surface area contributed by atoms with E-state index in [-0.39, 0.29) is 6.61 Å². The minimum atomic E-state index is -0.800. The average Bonchev–Trinajstić information content (AvgIpc) is 2.19. The summed E-state index contributed by atoms with van der Waals surface area (Å²) >= 11 is 0. The van der Waals surface area contributed by atoms with Crippen LogP contribution in [0.1, 0.15) is 6.92 Å². The molecule has 1 rings (SSSR count). The van der Waals surface area contributed by atoms with Crippen LogP contribution >= 0.6 is 0 Å². The van der Waals surface area contributed by atoms with Crippen LogP contribution in [0.25, 0.3) is 0 Å². The van der Waals surface area contributed by atoms with Gasteiger partial charge in [0.2, 0.25) is 0 Å². The molecule has 0 saturated carbocycles. The van der Waals surface area contributed by atoms with Crippen LogP contribution in [0.4, 0.5) is 0 Å². The summed E-state index contributed by atoms with van der Waals surface area (Å²) in [4.78, 5) is 15.0. The molecular weight excluding hydrogens is 150 g/mol. The zero-order valence-electron chi connectivity index (χ0n) is 6.19. The molecule has 1 fully saturated rings. The highest BCUT2D eigenvalue weighted by atomic mass is 16.6. The highest BCUT2D eigenvalue weighted by molar-refractivity contribution is 5.75. The van der Waals surface area contributed by atoms with Gasteiger partial charge in [-0.3, -0.25) is 4.79 Å². The van der Waals surface area contributed by atoms with Crippen LogP contribution in [-0.4, -0.2) is 29.9 Å². The Morgan fingerprint density at radius 3 is 2.82 bits per heavy atom. The van der Waals surface area contributed by atoms with E-state index in [1.54, 1.807) is 6.92 Å². The Bertz CT molecular complexity index is 161. The van der Waals surface area contributed by atoms with Crippen molar-refractivity contribution in [2.24, 2.45) is 11.8 Å². The number of esters is 1. The standard InChI is InChI=1S/C6H11NO4/c1-3-5(8)4(2-10-7)11-6(3)9/h3-5,8H,2,7H2,1H3/t3-,4+,5-/m0/s1. The minimum Gasteiger partial charge on any atom is -0.457 e. The molecule has 5 nitrogen and oxygen atoms in total. The van der Waals surface area contributed by atoms with Gasteiger partial charge in [0.1, 0.15) is 12.7 Å². The van der Waals surface area contributed by atoms with Gasteiger partial charge in [-0.25, -0.2) is 5.90 Å². The lowest BCUT2D eigenvalue weighted by Gasteiger charge is -2.11. The van der Waals surface area contributed by atoms with Crippen LogP contribution in [0.3, 0.4) is 0 Å². The van der Waals surface area contributed by atoms with Gasteiger partial charge in [-0.15, -0.1) is 0 Å². The summed E-state index contributed by atoms with van der Waals surface area (Å²) in [7, 11) is 0. The molecule has 3 N–H and O–H groups in total. The molecule has 1 aliphatic rings. The number of aliphatic hydroxyl groups excluding tert-OH is 1. The smallest absolute Gasteiger partial charge is 0.311 e. The molecule has 0 amide bonds. The third kappa shape index (κ3) is 1.50. The fraction of sp³-hybridized carbons (Fsp3) is 0.833. The Morgan fingerprint density at radius 2 is 2.45 bits per heavy atom. The molecule has 64 valence electrons. The van der Waals surface area contributed by atoms with E-state index in [9.17, 15) is 9.90 Å². The van der Waals surface area contributed by atoms with Gasteiger partial charge in [0.15, 0.2) is 6.10 Å². The average molecular weight is 161 g/mol. The summed E-state index contributed by atoms with van der Waals surface area (Å²) in [5.41, 5.74) is 0. The summed E-state index contributed by atoms with van der Waals surface area (Å²) in [5.74, 6) is 3.88. The normalized spacial score (nSPS) is 37.4. The molecule has 11 heavy (non-hydrogen) atoms. The molecule has 0 radical (unpaired) electrons. The van der Waals surface area contributed by atoms with Crippen molar-refractivity contribution in [3.8, 4) is 0 Å². The lowest BCUT2D eigenvalue weighted by Crippen LogP contribution is -2.30. The monoisotopic (exact) mass is 161 g/mol. The van der Waals surface area contributed by atoms with E-state index in [0.29, 0.717) is 0 Å². The topological polar surface area (TPSA) is 81.8 Å². The van der Waals surface area contributed by atoms with Crippen molar-refractivity contribution >= 4 is 5.97 Å². The van der Waals surface area contributed by atoms with Crippen LogP contribution in [0.5, 0.6) is 0 Å². The molecule has 5 heteroatoms. The molecule has 1 aliphatic heterocycles. The molecular formula is C6H11NO4. The predicted octanol–water partition coefficient (Wildman–Crippen LogP) is -1.20. The molecule has 0 spiro atoms. The lowest BCUT2D eigenvalue weighted by atomic mass is 10.0. The Morgan fingerprint density at radius 1 is 1.82 bits per heavy atom. The third-order valence-corrected chi connectivity index (χ3v) is 1.79. The molecule has 0 bridgehead atoms. The van der Waals surface area contributed by atoms with Crippen molar-refractivity contribution in [2.75, 3.05) is 6.61 Å². The number of nitrogens with two attached hydrogens (primary N) is 1. The maximum absolute atomic E-state index is 10.8. The first-order valence-electron chi connectivity index (χ1n) is 3.37. The fourth-order valence-electron chi connectivity index (χ4n) is 1.02. The van der Waals surface area contributed by atoms with Gasteiger partial charge in [0.25, 0.3) is 0 Å². The number of aliphatic hydroxyl groups is 1. The number of hydrogen-bond acceptors (Lipinski definition) is 5. The zero-order valence-corrected chi connectivity index (χ0v) is 6.19. The second-order valence-electron chi connectivity index (χ2n) is 2.59. The summed E-state index contributed by atoms with van der Waals surface area (Å²) in [6.45, 7) is 1.64. The molecule has 3 atom stereocenters. The molecule has 0 aromatic carbocycles. The molecule has 1 heterocycles. The Hall–Kier alpha value is -0.650. The van der Waals surface area contributed by atoms with Crippen LogP contribution in [0.15, 0.2) is 0 Å². The number of ether oxygens (including phenoxy) is 1. The summed E-state index contributed by atoms with van der Waals surface area (Å²) in [5, 5.41) is 9.28. The number of hydrogen-bond donors (Lipinski definition) is 2. The predicted molar refractivity (Wildman–Crippen MR) is 35.2 cm³/mol. The third-order valence-electron chi connectivity index (χ3n) is 1.79. The molecule has 0 aromatic rings.